The molecule has 0 aliphatic heterocycles. The maximum Gasteiger partial charge on any atom is 0.169 e. The first-order valence-electron chi connectivity index (χ1n) is 2.43. The Balaban J connectivity index is 3.08. The average Bonchev–Trinajstić information content (AvgIpc) is 2.13. The summed E-state index contributed by atoms with van der Waals surface area (Å²) in [4.78, 5) is 3.82. The van der Waals surface area contributed by atoms with E-state index >= 15 is 0 Å². The third-order valence-electron chi connectivity index (χ3n) is 1.02. The van der Waals surface area contributed by atoms with Gasteiger partial charge in [0.15, 0.2) is 11.0 Å². The maximum absolute atomic E-state index is 6.97. The molecule has 0 saturated carbocycles. The molecule has 1 N–H and O–H groups in total. The zero-order valence-corrected chi connectivity index (χ0v) is 5.68. The second-order valence-corrected chi connectivity index (χ2v) is 2.05. The third kappa shape index (κ3) is 1.10. The van der Waals surface area contributed by atoms with Gasteiger partial charge in [-0.2, -0.15) is 0 Å². The van der Waals surface area contributed by atoms with E-state index < -0.39 is 0 Å². The molecule has 1 aromatic heterocycles. The van der Waals surface area contributed by atoms with E-state index in [0.29, 0.717) is 5.82 Å². The fourth-order valence-electron chi connectivity index (χ4n) is 0.577. The van der Waals surface area contributed by atoms with Crippen molar-refractivity contribution in [3.05, 3.63) is 18.2 Å². The Morgan fingerprint density at radius 1 is 1.89 bits per heavy atom. The Kier molecular flexibility index (Phi) is 1.53. The molecule has 48 valence electrons. The fourth-order valence-corrected chi connectivity index (χ4v) is 0.759. The van der Waals surface area contributed by atoms with Crippen LogP contribution in [-0.4, -0.2) is 14.7 Å². The van der Waals surface area contributed by atoms with E-state index in [2.05, 4.69) is 4.98 Å². The summed E-state index contributed by atoms with van der Waals surface area (Å²) in [5, 5.41) is 6.95. The highest BCUT2D eigenvalue weighted by Crippen LogP contribution is 1.97. The lowest BCUT2D eigenvalue weighted by Crippen LogP contribution is -1.99. The number of rotatable bonds is 1. The molecule has 1 heterocycles. The van der Waals surface area contributed by atoms with Crippen LogP contribution in [0.1, 0.15) is 5.82 Å². The third-order valence-corrected chi connectivity index (χ3v) is 1.19. The van der Waals surface area contributed by atoms with Crippen LogP contribution in [0.25, 0.3) is 0 Å². The van der Waals surface area contributed by atoms with Gasteiger partial charge in [0.25, 0.3) is 0 Å². The zero-order valence-electron chi connectivity index (χ0n) is 4.93. The molecule has 0 radical (unpaired) electrons. The second-order valence-electron chi connectivity index (χ2n) is 1.68. The van der Waals surface area contributed by atoms with Crippen LogP contribution in [0.2, 0.25) is 0 Å². The van der Waals surface area contributed by atoms with Crippen LogP contribution in [0.5, 0.6) is 0 Å². The number of halogens is 1. The molecular weight excluding hydrogens is 138 g/mol. The van der Waals surface area contributed by atoms with Gasteiger partial charge in [-0.3, -0.25) is 5.41 Å². The van der Waals surface area contributed by atoms with Gasteiger partial charge >= 0.3 is 0 Å². The molecule has 0 bridgehead atoms. The number of hydrogen-bond acceptors (Lipinski definition) is 2. The molecular formula is C5H6ClN3. The smallest absolute Gasteiger partial charge is 0.169 e. The summed E-state index contributed by atoms with van der Waals surface area (Å²) in [5.41, 5.74) is 0. The summed E-state index contributed by atoms with van der Waals surface area (Å²) in [6.07, 6.45) is 3.35. The van der Waals surface area contributed by atoms with Crippen molar-refractivity contribution in [2.45, 2.75) is 0 Å². The summed E-state index contributed by atoms with van der Waals surface area (Å²) >= 11 is 5.35. The van der Waals surface area contributed by atoms with Gasteiger partial charge in [0.1, 0.15) is 0 Å². The van der Waals surface area contributed by atoms with Gasteiger partial charge in [0.2, 0.25) is 0 Å². The van der Waals surface area contributed by atoms with Crippen molar-refractivity contribution in [2.75, 3.05) is 0 Å². The van der Waals surface area contributed by atoms with Crippen LogP contribution < -0.4 is 0 Å². The maximum atomic E-state index is 6.97. The quantitative estimate of drug-likeness (QED) is 0.586. The molecule has 1 aromatic rings. The molecule has 0 amide bonds. The predicted octanol–water partition coefficient (Wildman–Crippen LogP) is 0.984. The van der Waals surface area contributed by atoms with Crippen molar-refractivity contribution in [3.8, 4) is 0 Å². The highest BCUT2D eigenvalue weighted by atomic mass is 35.5. The Morgan fingerprint density at radius 2 is 2.56 bits per heavy atom. The van der Waals surface area contributed by atoms with Crippen LogP contribution in [-0.2, 0) is 7.05 Å². The monoisotopic (exact) mass is 143 g/mol. The van der Waals surface area contributed by atoms with Gasteiger partial charge in [0, 0.05) is 19.4 Å². The van der Waals surface area contributed by atoms with E-state index in [9.17, 15) is 0 Å². The van der Waals surface area contributed by atoms with Gasteiger partial charge in [-0.05, 0) is 0 Å². The Bertz CT molecular complexity index is 228. The van der Waals surface area contributed by atoms with Crippen molar-refractivity contribution in [3.63, 3.8) is 0 Å². The molecule has 1 rings (SSSR count). The fraction of sp³-hybridized carbons (Fsp3) is 0.200. The molecule has 9 heavy (non-hydrogen) atoms. The molecule has 0 aliphatic carbocycles. The molecule has 4 heteroatoms. The topological polar surface area (TPSA) is 41.7 Å². The predicted molar refractivity (Wildman–Crippen MR) is 35.9 cm³/mol. The number of hydrogen-bond donors (Lipinski definition) is 1. The lowest BCUT2D eigenvalue weighted by Gasteiger charge is -1.93. The lowest BCUT2D eigenvalue weighted by atomic mass is 10.6. The van der Waals surface area contributed by atoms with E-state index in [1.54, 1.807) is 24.0 Å². The molecule has 0 aromatic carbocycles. The summed E-state index contributed by atoms with van der Waals surface area (Å²) in [6, 6.07) is 0. The first-order valence-corrected chi connectivity index (χ1v) is 2.81. The SMILES string of the molecule is Cn1ccnc1C(=N)Cl. The van der Waals surface area contributed by atoms with Gasteiger partial charge in [-0.1, -0.05) is 11.6 Å². The molecule has 0 aliphatic rings. The first-order chi connectivity index (χ1) is 4.22. The molecule has 3 nitrogen and oxygen atoms in total. The number of aromatic nitrogens is 2. The minimum Gasteiger partial charge on any atom is -0.332 e. The van der Waals surface area contributed by atoms with Crippen LogP contribution in [0.15, 0.2) is 12.4 Å². The van der Waals surface area contributed by atoms with E-state index in [4.69, 9.17) is 17.0 Å². The van der Waals surface area contributed by atoms with Crippen LogP contribution in [0.3, 0.4) is 0 Å². The number of aryl methyl sites for hydroxylation is 1. The Labute approximate surface area is 57.8 Å². The lowest BCUT2D eigenvalue weighted by molar-refractivity contribution is 0.899. The van der Waals surface area contributed by atoms with Crippen LogP contribution >= 0.6 is 11.6 Å². The summed E-state index contributed by atoms with van der Waals surface area (Å²) in [6.45, 7) is 0. The van der Waals surface area contributed by atoms with Crippen molar-refractivity contribution in [1.29, 1.82) is 5.41 Å². The van der Waals surface area contributed by atoms with Crippen LogP contribution in [0, 0.1) is 5.41 Å². The van der Waals surface area contributed by atoms with E-state index in [0.717, 1.165) is 0 Å². The minimum atomic E-state index is -0.0255. The van der Waals surface area contributed by atoms with Gasteiger partial charge in [-0.25, -0.2) is 4.98 Å². The molecule has 0 spiro atoms. The minimum absolute atomic E-state index is 0.0255. The van der Waals surface area contributed by atoms with Crippen molar-refractivity contribution in [2.24, 2.45) is 7.05 Å². The highest BCUT2D eigenvalue weighted by molar-refractivity contribution is 6.68. The normalized spacial score (nSPS) is 9.56. The van der Waals surface area contributed by atoms with Crippen molar-refractivity contribution in [1.82, 2.24) is 9.55 Å². The highest BCUT2D eigenvalue weighted by Gasteiger charge is 2.00. The zero-order chi connectivity index (χ0) is 6.85. The Morgan fingerprint density at radius 3 is 2.78 bits per heavy atom. The van der Waals surface area contributed by atoms with Crippen molar-refractivity contribution >= 4 is 16.8 Å². The van der Waals surface area contributed by atoms with E-state index in [-0.39, 0.29) is 5.17 Å². The number of nitrogens with zero attached hydrogens (tertiary/aromatic N) is 2. The average molecular weight is 144 g/mol. The van der Waals surface area contributed by atoms with Gasteiger partial charge in [-0.15, -0.1) is 0 Å². The Hall–Kier alpha value is -0.830. The molecule has 0 saturated heterocycles. The largest absolute Gasteiger partial charge is 0.332 e. The molecule has 0 unspecified atom stereocenters. The molecule has 0 atom stereocenters. The standard InChI is InChI=1S/C5H6ClN3/c1-9-3-2-8-5(9)4(6)7/h2-3,7H,1H3. The number of imidazole rings is 1. The molecule has 0 fully saturated rings. The van der Waals surface area contributed by atoms with Gasteiger partial charge in [0.05, 0.1) is 0 Å². The summed E-state index contributed by atoms with van der Waals surface area (Å²) < 4.78 is 1.69. The van der Waals surface area contributed by atoms with Crippen molar-refractivity contribution < 1.29 is 0 Å². The van der Waals surface area contributed by atoms with E-state index in [1.165, 1.54) is 0 Å². The van der Waals surface area contributed by atoms with Crippen LogP contribution in [0.4, 0.5) is 0 Å². The van der Waals surface area contributed by atoms with Gasteiger partial charge < -0.3 is 4.57 Å². The first kappa shape index (κ1) is 6.29. The number of nitrogens with one attached hydrogen (secondary N) is 1. The summed E-state index contributed by atoms with van der Waals surface area (Å²) in [5.74, 6) is 0.497. The second kappa shape index (κ2) is 2.19. The van der Waals surface area contributed by atoms with E-state index in [1.807, 2.05) is 0 Å². The summed E-state index contributed by atoms with van der Waals surface area (Å²) in [7, 11) is 1.79.